The van der Waals surface area contributed by atoms with Gasteiger partial charge < -0.3 is 0 Å². The highest BCUT2D eigenvalue weighted by atomic mass is 19.4. The second kappa shape index (κ2) is 3.01. The number of halogens is 3. The van der Waals surface area contributed by atoms with Crippen LogP contribution in [0.3, 0.4) is 0 Å². The van der Waals surface area contributed by atoms with Crippen LogP contribution in [-0.2, 0) is 6.54 Å². The molecule has 0 unspecified atom stereocenters. The Labute approximate surface area is 77.9 Å². The number of benzene rings is 1. The van der Waals surface area contributed by atoms with Crippen LogP contribution in [0, 0.1) is 0 Å². The normalized spacial score (nSPS) is 12.2. The fraction of sp³-hybridized carbons (Fsp3) is 0.222. The van der Waals surface area contributed by atoms with Crippen LogP contribution in [0.25, 0.3) is 10.9 Å². The van der Waals surface area contributed by atoms with Gasteiger partial charge in [-0.15, -0.1) is 0 Å². The monoisotopic (exact) mass is 200 g/mol. The molecule has 2 aromatic rings. The van der Waals surface area contributed by atoms with E-state index in [4.69, 9.17) is 0 Å². The number of alkyl halides is 3. The van der Waals surface area contributed by atoms with Crippen molar-refractivity contribution < 1.29 is 13.2 Å². The average molecular weight is 200 g/mol. The minimum Gasteiger partial charge on any atom is -0.256 e. The van der Waals surface area contributed by atoms with E-state index in [1.54, 1.807) is 24.3 Å². The number of hydrogen-bond donors (Lipinski definition) is 0. The summed E-state index contributed by atoms with van der Waals surface area (Å²) in [5.74, 6) is 0. The highest BCUT2D eigenvalue weighted by molar-refractivity contribution is 5.78. The van der Waals surface area contributed by atoms with Gasteiger partial charge in [0, 0.05) is 5.39 Å². The molecule has 0 aliphatic rings. The molecule has 14 heavy (non-hydrogen) atoms. The number of hydrogen-bond acceptors (Lipinski definition) is 1. The predicted octanol–water partition coefficient (Wildman–Crippen LogP) is 2.60. The van der Waals surface area contributed by atoms with Crippen molar-refractivity contribution in [3.63, 3.8) is 0 Å². The third kappa shape index (κ3) is 1.71. The molecule has 2 nitrogen and oxygen atoms in total. The van der Waals surface area contributed by atoms with Crippen LogP contribution >= 0.6 is 0 Å². The predicted molar refractivity (Wildman–Crippen MR) is 45.8 cm³/mol. The van der Waals surface area contributed by atoms with Crippen molar-refractivity contribution in [3.8, 4) is 0 Å². The summed E-state index contributed by atoms with van der Waals surface area (Å²) in [5.41, 5.74) is 0.504. The molecule has 0 atom stereocenters. The summed E-state index contributed by atoms with van der Waals surface area (Å²) >= 11 is 0. The number of nitrogens with zero attached hydrogens (tertiary/aromatic N) is 2. The molecule has 0 bridgehead atoms. The number of rotatable bonds is 1. The van der Waals surface area contributed by atoms with Gasteiger partial charge in [-0.3, -0.25) is 4.68 Å². The molecule has 0 saturated heterocycles. The highest BCUT2D eigenvalue weighted by Crippen LogP contribution is 2.20. The first-order valence-electron chi connectivity index (χ1n) is 4.03. The molecule has 1 heterocycles. The van der Waals surface area contributed by atoms with Gasteiger partial charge in [-0.25, -0.2) is 0 Å². The zero-order valence-electron chi connectivity index (χ0n) is 7.12. The first-order valence-corrected chi connectivity index (χ1v) is 4.03. The van der Waals surface area contributed by atoms with E-state index in [1.165, 1.54) is 6.20 Å². The highest BCUT2D eigenvalue weighted by Gasteiger charge is 2.28. The van der Waals surface area contributed by atoms with Crippen LogP contribution in [0.2, 0.25) is 0 Å². The van der Waals surface area contributed by atoms with E-state index in [-0.39, 0.29) is 0 Å². The minimum absolute atomic E-state index is 0.504. The van der Waals surface area contributed by atoms with Crippen molar-refractivity contribution in [1.82, 2.24) is 9.78 Å². The number of para-hydroxylation sites is 1. The Balaban J connectivity index is 2.44. The van der Waals surface area contributed by atoms with Gasteiger partial charge >= 0.3 is 6.18 Å². The fourth-order valence-corrected chi connectivity index (χ4v) is 1.32. The second-order valence-electron chi connectivity index (χ2n) is 2.98. The average Bonchev–Trinajstić information content (AvgIpc) is 2.47. The second-order valence-corrected chi connectivity index (χ2v) is 2.98. The molecule has 0 fully saturated rings. The zero-order valence-corrected chi connectivity index (χ0v) is 7.12. The van der Waals surface area contributed by atoms with E-state index in [1.807, 2.05) is 0 Å². The van der Waals surface area contributed by atoms with Crippen molar-refractivity contribution >= 4 is 10.9 Å². The van der Waals surface area contributed by atoms with Gasteiger partial charge in [0.2, 0.25) is 0 Å². The van der Waals surface area contributed by atoms with Gasteiger partial charge in [-0.1, -0.05) is 18.2 Å². The van der Waals surface area contributed by atoms with Gasteiger partial charge in [-0.05, 0) is 6.07 Å². The molecular formula is C9H7F3N2. The van der Waals surface area contributed by atoms with Crippen molar-refractivity contribution in [2.45, 2.75) is 12.7 Å². The Morgan fingerprint density at radius 2 is 1.93 bits per heavy atom. The lowest BCUT2D eigenvalue weighted by atomic mass is 10.3. The first kappa shape index (κ1) is 9.05. The van der Waals surface area contributed by atoms with E-state index >= 15 is 0 Å². The van der Waals surface area contributed by atoms with Crippen LogP contribution in [0.5, 0.6) is 0 Å². The Kier molecular flexibility index (Phi) is 1.94. The molecule has 1 aromatic carbocycles. The van der Waals surface area contributed by atoms with Crippen molar-refractivity contribution in [1.29, 1.82) is 0 Å². The van der Waals surface area contributed by atoms with Gasteiger partial charge in [-0.2, -0.15) is 18.3 Å². The summed E-state index contributed by atoms with van der Waals surface area (Å²) in [6.07, 6.45) is -2.80. The molecule has 5 heteroatoms. The smallest absolute Gasteiger partial charge is 0.256 e. The Bertz CT molecular complexity index is 444. The Hall–Kier alpha value is -1.52. The van der Waals surface area contributed by atoms with Crippen LogP contribution in [-0.4, -0.2) is 16.0 Å². The van der Waals surface area contributed by atoms with E-state index in [2.05, 4.69) is 5.10 Å². The maximum atomic E-state index is 12.1. The van der Waals surface area contributed by atoms with E-state index in [0.29, 0.717) is 5.52 Å². The van der Waals surface area contributed by atoms with Crippen molar-refractivity contribution in [2.75, 3.05) is 0 Å². The van der Waals surface area contributed by atoms with E-state index in [0.717, 1.165) is 10.1 Å². The first-order chi connectivity index (χ1) is 6.56. The summed E-state index contributed by atoms with van der Waals surface area (Å²) in [6.45, 7) is -1.04. The molecule has 0 saturated carbocycles. The molecule has 0 aliphatic carbocycles. The standard InChI is InChI=1S/C9H7F3N2/c10-9(11,12)6-14-8-4-2-1-3-7(8)5-13-14/h1-5H,6H2. The number of aromatic nitrogens is 2. The Morgan fingerprint density at radius 1 is 1.21 bits per heavy atom. The summed E-state index contributed by atoms with van der Waals surface area (Å²) < 4.78 is 37.2. The van der Waals surface area contributed by atoms with Crippen LogP contribution in [0.15, 0.2) is 30.5 Å². The number of fused-ring (bicyclic) bond motifs is 1. The maximum Gasteiger partial charge on any atom is 0.408 e. The molecule has 2 rings (SSSR count). The largest absolute Gasteiger partial charge is 0.408 e. The lowest BCUT2D eigenvalue weighted by Gasteiger charge is -2.06. The third-order valence-corrected chi connectivity index (χ3v) is 1.88. The molecular weight excluding hydrogens is 193 g/mol. The molecule has 74 valence electrons. The third-order valence-electron chi connectivity index (χ3n) is 1.88. The van der Waals surface area contributed by atoms with E-state index in [9.17, 15) is 13.2 Å². The topological polar surface area (TPSA) is 17.8 Å². The maximum absolute atomic E-state index is 12.1. The van der Waals surface area contributed by atoms with Crippen molar-refractivity contribution in [3.05, 3.63) is 30.5 Å². The van der Waals surface area contributed by atoms with Gasteiger partial charge in [0.15, 0.2) is 0 Å². The molecule has 0 aliphatic heterocycles. The molecule has 0 radical (unpaired) electrons. The summed E-state index contributed by atoms with van der Waals surface area (Å²) in [6, 6.07) is 6.81. The quantitative estimate of drug-likeness (QED) is 0.691. The summed E-state index contributed by atoms with van der Waals surface area (Å²) in [4.78, 5) is 0. The summed E-state index contributed by atoms with van der Waals surface area (Å²) in [5, 5.41) is 4.40. The van der Waals surface area contributed by atoms with Crippen LogP contribution in [0.4, 0.5) is 13.2 Å². The Morgan fingerprint density at radius 3 is 2.64 bits per heavy atom. The van der Waals surface area contributed by atoms with Crippen LogP contribution in [0.1, 0.15) is 0 Å². The van der Waals surface area contributed by atoms with Gasteiger partial charge in [0.1, 0.15) is 6.54 Å². The van der Waals surface area contributed by atoms with Crippen LogP contribution < -0.4 is 0 Å². The fourth-order valence-electron chi connectivity index (χ4n) is 1.32. The lowest BCUT2D eigenvalue weighted by Crippen LogP contribution is -2.18. The van der Waals surface area contributed by atoms with Gasteiger partial charge in [0.25, 0.3) is 0 Å². The summed E-state index contributed by atoms with van der Waals surface area (Å²) in [7, 11) is 0. The lowest BCUT2D eigenvalue weighted by molar-refractivity contribution is -0.141. The zero-order chi connectivity index (χ0) is 10.2. The molecule has 0 N–H and O–H groups in total. The van der Waals surface area contributed by atoms with Gasteiger partial charge in [0.05, 0.1) is 11.7 Å². The van der Waals surface area contributed by atoms with E-state index < -0.39 is 12.7 Å². The van der Waals surface area contributed by atoms with Crippen molar-refractivity contribution in [2.24, 2.45) is 0 Å². The molecule has 0 spiro atoms. The molecule has 1 aromatic heterocycles. The minimum atomic E-state index is -4.23. The molecule has 0 amide bonds. The SMILES string of the molecule is FC(F)(F)Cn1ncc2ccccc21.